The zero-order chi connectivity index (χ0) is 14.5. The molecule has 5 heteroatoms. The summed E-state index contributed by atoms with van der Waals surface area (Å²) in [5.74, 6) is 0.0351. The van der Waals surface area contributed by atoms with E-state index in [2.05, 4.69) is 39.9 Å². The van der Waals surface area contributed by atoms with Crippen molar-refractivity contribution in [1.82, 2.24) is 15.6 Å². The molecule has 0 spiro atoms. The third-order valence-corrected chi connectivity index (χ3v) is 3.81. The Morgan fingerprint density at radius 1 is 1.27 bits per heavy atom. The number of hydrogen-bond donors (Lipinski definition) is 2. The van der Waals surface area contributed by atoms with E-state index < -0.39 is 0 Å². The number of fused-ring (bicyclic) bond motifs is 1. The second-order valence-electron chi connectivity index (χ2n) is 5.30. The van der Waals surface area contributed by atoms with E-state index in [9.17, 15) is 4.79 Å². The number of benzene rings is 1. The lowest BCUT2D eigenvalue weighted by Gasteiger charge is -2.27. The Morgan fingerprint density at radius 2 is 2.14 bits per heavy atom. The van der Waals surface area contributed by atoms with Crippen LogP contribution in [-0.4, -0.2) is 24.0 Å². The SMILES string of the molecule is Cl.O=C(Cc1cccnc1)NCC1NCCc2ccccc21. The maximum absolute atomic E-state index is 12.0. The van der Waals surface area contributed by atoms with Crippen LogP contribution in [-0.2, 0) is 17.6 Å². The Balaban J connectivity index is 0.00000176. The lowest BCUT2D eigenvalue weighted by atomic mass is 9.94. The van der Waals surface area contributed by atoms with E-state index in [1.165, 1.54) is 11.1 Å². The summed E-state index contributed by atoms with van der Waals surface area (Å²) < 4.78 is 0. The number of pyridine rings is 1. The van der Waals surface area contributed by atoms with Crippen LogP contribution in [0, 0.1) is 0 Å². The quantitative estimate of drug-likeness (QED) is 0.907. The summed E-state index contributed by atoms with van der Waals surface area (Å²) in [5.41, 5.74) is 3.61. The molecule has 2 N–H and O–H groups in total. The van der Waals surface area contributed by atoms with E-state index in [4.69, 9.17) is 0 Å². The first-order valence-corrected chi connectivity index (χ1v) is 7.30. The first-order valence-electron chi connectivity index (χ1n) is 7.30. The Hall–Kier alpha value is -1.91. The van der Waals surface area contributed by atoms with Crippen LogP contribution < -0.4 is 10.6 Å². The van der Waals surface area contributed by atoms with Gasteiger partial charge in [-0.2, -0.15) is 0 Å². The highest BCUT2D eigenvalue weighted by Crippen LogP contribution is 2.21. The molecule has 0 aliphatic carbocycles. The molecule has 0 saturated heterocycles. The zero-order valence-corrected chi connectivity index (χ0v) is 13.1. The summed E-state index contributed by atoms with van der Waals surface area (Å²) in [6.07, 6.45) is 4.87. The molecule has 1 atom stereocenters. The molecule has 0 radical (unpaired) electrons. The number of nitrogens with zero attached hydrogens (tertiary/aromatic N) is 1. The van der Waals surface area contributed by atoms with Gasteiger partial charge in [0.1, 0.15) is 0 Å². The number of nitrogens with one attached hydrogen (secondary N) is 2. The zero-order valence-electron chi connectivity index (χ0n) is 12.3. The predicted octanol–water partition coefficient (Wildman–Crippen LogP) is 2.05. The van der Waals surface area contributed by atoms with E-state index in [-0.39, 0.29) is 24.4 Å². The van der Waals surface area contributed by atoms with Gasteiger partial charge in [-0.05, 0) is 35.7 Å². The number of halogens is 1. The Kier molecular flexibility index (Phi) is 5.92. The molecule has 0 saturated carbocycles. The van der Waals surface area contributed by atoms with E-state index in [1.54, 1.807) is 12.4 Å². The highest BCUT2D eigenvalue weighted by molar-refractivity contribution is 5.85. The second-order valence-corrected chi connectivity index (χ2v) is 5.30. The average molecular weight is 318 g/mol. The van der Waals surface area contributed by atoms with Gasteiger partial charge in [0, 0.05) is 25.0 Å². The number of aromatic nitrogens is 1. The molecule has 116 valence electrons. The van der Waals surface area contributed by atoms with Gasteiger partial charge in [-0.3, -0.25) is 9.78 Å². The van der Waals surface area contributed by atoms with Crippen LogP contribution in [0.2, 0.25) is 0 Å². The van der Waals surface area contributed by atoms with Crippen molar-refractivity contribution in [3.63, 3.8) is 0 Å². The number of hydrogen-bond acceptors (Lipinski definition) is 3. The molecular formula is C17H20ClN3O. The van der Waals surface area contributed by atoms with Gasteiger partial charge in [-0.15, -0.1) is 12.4 Å². The van der Waals surface area contributed by atoms with Crippen molar-refractivity contribution < 1.29 is 4.79 Å². The van der Waals surface area contributed by atoms with Crippen molar-refractivity contribution in [1.29, 1.82) is 0 Å². The second kappa shape index (κ2) is 7.92. The minimum atomic E-state index is 0. The molecule has 1 aliphatic rings. The molecule has 0 bridgehead atoms. The molecule has 3 rings (SSSR count). The lowest BCUT2D eigenvalue weighted by Crippen LogP contribution is -2.39. The summed E-state index contributed by atoms with van der Waals surface area (Å²) in [4.78, 5) is 16.0. The van der Waals surface area contributed by atoms with Crippen molar-refractivity contribution in [3.05, 3.63) is 65.5 Å². The molecule has 1 unspecified atom stereocenters. The van der Waals surface area contributed by atoms with Gasteiger partial charge in [-0.25, -0.2) is 0 Å². The number of carbonyl (C=O) groups excluding carboxylic acids is 1. The third-order valence-electron chi connectivity index (χ3n) is 3.81. The van der Waals surface area contributed by atoms with Crippen LogP contribution in [0.4, 0.5) is 0 Å². The number of amides is 1. The summed E-state index contributed by atoms with van der Waals surface area (Å²) in [6, 6.07) is 12.4. The monoisotopic (exact) mass is 317 g/mol. The fourth-order valence-corrected chi connectivity index (χ4v) is 2.74. The Morgan fingerprint density at radius 3 is 2.95 bits per heavy atom. The van der Waals surface area contributed by atoms with Crippen LogP contribution >= 0.6 is 12.4 Å². The first kappa shape index (κ1) is 16.5. The molecule has 2 heterocycles. The minimum absolute atomic E-state index is 0. The average Bonchev–Trinajstić information content (AvgIpc) is 2.54. The molecule has 1 aromatic heterocycles. The number of carbonyl (C=O) groups is 1. The van der Waals surface area contributed by atoms with Crippen LogP contribution in [0.15, 0.2) is 48.8 Å². The maximum Gasteiger partial charge on any atom is 0.224 e. The topological polar surface area (TPSA) is 54.0 Å². The minimum Gasteiger partial charge on any atom is -0.354 e. The third kappa shape index (κ3) is 4.06. The van der Waals surface area contributed by atoms with Crippen LogP contribution in [0.1, 0.15) is 22.7 Å². The van der Waals surface area contributed by atoms with Gasteiger partial charge >= 0.3 is 0 Å². The van der Waals surface area contributed by atoms with Crippen LogP contribution in [0.25, 0.3) is 0 Å². The molecule has 22 heavy (non-hydrogen) atoms. The molecule has 1 aromatic carbocycles. The maximum atomic E-state index is 12.0. The van der Waals surface area contributed by atoms with Gasteiger partial charge in [0.15, 0.2) is 0 Å². The number of rotatable bonds is 4. The van der Waals surface area contributed by atoms with Gasteiger partial charge in [-0.1, -0.05) is 30.3 Å². The van der Waals surface area contributed by atoms with E-state index in [0.29, 0.717) is 13.0 Å². The van der Waals surface area contributed by atoms with Gasteiger partial charge < -0.3 is 10.6 Å². The highest BCUT2D eigenvalue weighted by atomic mass is 35.5. The van der Waals surface area contributed by atoms with Crippen molar-refractivity contribution in [3.8, 4) is 0 Å². The van der Waals surface area contributed by atoms with Gasteiger partial charge in [0.25, 0.3) is 0 Å². The van der Waals surface area contributed by atoms with Crippen LogP contribution in [0.5, 0.6) is 0 Å². The van der Waals surface area contributed by atoms with Gasteiger partial charge in [0.05, 0.1) is 6.42 Å². The Labute approximate surface area is 136 Å². The van der Waals surface area contributed by atoms with Gasteiger partial charge in [0.2, 0.25) is 5.91 Å². The first-order chi connectivity index (χ1) is 10.3. The largest absolute Gasteiger partial charge is 0.354 e. The van der Waals surface area contributed by atoms with E-state index in [1.807, 2.05) is 12.1 Å². The summed E-state index contributed by atoms with van der Waals surface area (Å²) in [7, 11) is 0. The predicted molar refractivity (Wildman–Crippen MR) is 89.1 cm³/mol. The Bertz CT molecular complexity index is 618. The fourth-order valence-electron chi connectivity index (χ4n) is 2.74. The molecule has 4 nitrogen and oxygen atoms in total. The standard InChI is InChI=1S/C17H19N3O.ClH/c21-17(10-13-4-3-8-18-11-13)20-12-16-15-6-2-1-5-14(15)7-9-19-16;/h1-6,8,11,16,19H,7,9-10,12H2,(H,20,21);1H. The smallest absolute Gasteiger partial charge is 0.224 e. The molecule has 0 fully saturated rings. The lowest BCUT2D eigenvalue weighted by molar-refractivity contribution is -0.120. The van der Waals surface area contributed by atoms with E-state index >= 15 is 0 Å². The highest BCUT2D eigenvalue weighted by Gasteiger charge is 2.19. The summed E-state index contributed by atoms with van der Waals surface area (Å²) in [6.45, 7) is 1.58. The van der Waals surface area contributed by atoms with Crippen LogP contribution in [0.3, 0.4) is 0 Å². The van der Waals surface area contributed by atoms with Crippen molar-refractivity contribution >= 4 is 18.3 Å². The molecule has 1 aliphatic heterocycles. The molecular weight excluding hydrogens is 298 g/mol. The summed E-state index contributed by atoms with van der Waals surface area (Å²) in [5, 5.41) is 6.48. The summed E-state index contributed by atoms with van der Waals surface area (Å²) >= 11 is 0. The van der Waals surface area contributed by atoms with Crippen molar-refractivity contribution in [2.75, 3.05) is 13.1 Å². The molecule has 2 aromatic rings. The molecule has 1 amide bonds. The van der Waals surface area contributed by atoms with Crippen molar-refractivity contribution in [2.45, 2.75) is 18.9 Å². The van der Waals surface area contributed by atoms with Crippen molar-refractivity contribution in [2.24, 2.45) is 0 Å². The fraction of sp³-hybridized carbons (Fsp3) is 0.294. The normalized spacial score (nSPS) is 16.3. The van der Waals surface area contributed by atoms with E-state index in [0.717, 1.165) is 18.5 Å².